The lowest BCUT2D eigenvalue weighted by Gasteiger charge is -2.14. The van der Waals surface area contributed by atoms with Crippen molar-refractivity contribution in [1.82, 2.24) is 25.9 Å². The molecule has 0 saturated heterocycles. The predicted octanol–water partition coefficient (Wildman–Crippen LogP) is 0.938. The van der Waals surface area contributed by atoms with Crippen molar-refractivity contribution in [3.63, 3.8) is 0 Å². The molecule has 0 aliphatic heterocycles. The first-order valence-electron chi connectivity index (χ1n) is 6.39. The molecule has 7 nitrogen and oxygen atoms in total. The van der Waals surface area contributed by atoms with E-state index in [1.807, 2.05) is 18.2 Å². The van der Waals surface area contributed by atoms with Gasteiger partial charge >= 0.3 is 0 Å². The van der Waals surface area contributed by atoms with Crippen molar-refractivity contribution >= 4 is 0 Å². The third-order valence-corrected chi connectivity index (χ3v) is 2.99. The number of nitrogens with one attached hydrogen (secondary N) is 2. The molecule has 2 rings (SSSR count). The molecule has 0 radical (unpaired) electrons. The van der Waals surface area contributed by atoms with Gasteiger partial charge in [-0.15, -0.1) is 10.2 Å². The van der Waals surface area contributed by atoms with Gasteiger partial charge in [0.1, 0.15) is 0 Å². The summed E-state index contributed by atoms with van der Waals surface area (Å²) in [4.78, 5) is 0. The molecule has 1 heterocycles. The summed E-state index contributed by atoms with van der Waals surface area (Å²) in [6.07, 6.45) is 0.873. The number of aromatic amines is 1. The molecule has 0 bridgehead atoms. The first-order chi connectivity index (χ1) is 9.72. The lowest BCUT2D eigenvalue weighted by Crippen LogP contribution is -2.28. The van der Waals surface area contributed by atoms with Crippen molar-refractivity contribution in [2.45, 2.75) is 25.9 Å². The summed E-state index contributed by atoms with van der Waals surface area (Å²) < 4.78 is 10.5. The maximum Gasteiger partial charge on any atom is 0.188 e. The number of ether oxygens (including phenoxy) is 2. The Morgan fingerprint density at radius 2 is 2.05 bits per heavy atom. The van der Waals surface area contributed by atoms with Gasteiger partial charge in [0.05, 0.1) is 20.8 Å². The van der Waals surface area contributed by atoms with Crippen LogP contribution in [0.4, 0.5) is 0 Å². The highest BCUT2D eigenvalue weighted by Crippen LogP contribution is 2.27. The molecule has 0 spiro atoms. The van der Waals surface area contributed by atoms with Crippen molar-refractivity contribution in [1.29, 1.82) is 0 Å². The second-order valence-electron chi connectivity index (χ2n) is 4.50. The fourth-order valence-corrected chi connectivity index (χ4v) is 1.96. The first kappa shape index (κ1) is 14.3. The van der Waals surface area contributed by atoms with E-state index in [1.165, 1.54) is 5.56 Å². The summed E-state index contributed by atoms with van der Waals surface area (Å²) >= 11 is 0. The van der Waals surface area contributed by atoms with Gasteiger partial charge in [0.2, 0.25) is 0 Å². The molecule has 0 amide bonds. The highest BCUT2D eigenvalue weighted by Gasteiger charge is 2.08. The number of benzene rings is 1. The molecule has 2 N–H and O–H groups in total. The normalized spacial score (nSPS) is 12.2. The number of methoxy groups -OCH3 is 2. The monoisotopic (exact) mass is 277 g/mol. The molecule has 0 fully saturated rings. The van der Waals surface area contributed by atoms with Gasteiger partial charge in [-0.05, 0) is 31.0 Å². The van der Waals surface area contributed by atoms with Crippen LogP contribution in [0.3, 0.4) is 0 Å². The maximum absolute atomic E-state index is 5.30. The van der Waals surface area contributed by atoms with E-state index in [0.29, 0.717) is 12.4 Å². The molecule has 2 aromatic rings. The molecule has 1 aromatic carbocycles. The minimum absolute atomic E-state index is 0.284. The first-order valence-corrected chi connectivity index (χ1v) is 6.39. The Morgan fingerprint density at radius 1 is 1.25 bits per heavy atom. The topological polar surface area (TPSA) is 85.0 Å². The summed E-state index contributed by atoms with van der Waals surface area (Å²) in [5, 5.41) is 17.1. The lowest BCUT2D eigenvalue weighted by atomic mass is 10.1. The van der Waals surface area contributed by atoms with Gasteiger partial charge < -0.3 is 14.8 Å². The number of rotatable bonds is 7. The number of aromatic nitrogens is 4. The Kier molecular flexibility index (Phi) is 4.89. The van der Waals surface area contributed by atoms with Crippen molar-refractivity contribution in [3.8, 4) is 11.5 Å². The van der Waals surface area contributed by atoms with Crippen LogP contribution in [0.15, 0.2) is 18.2 Å². The molecule has 108 valence electrons. The van der Waals surface area contributed by atoms with Crippen LogP contribution >= 0.6 is 0 Å². The third kappa shape index (κ3) is 3.67. The summed E-state index contributed by atoms with van der Waals surface area (Å²) in [7, 11) is 3.27. The number of nitrogens with zero attached hydrogens (tertiary/aromatic N) is 3. The van der Waals surface area contributed by atoms with Crippen molar-refractivity contribution in [3.05, 3.63) is 29.6 Å². The highest BCUT2D eigenvalue weighted by molar-refractivity contribution is 5.43. The fourth-order valence-electron chi connectivity index (χ4n) is 1.96. The van der Waals surface area contributed by atoms with Crippen molar-refractivity contribution < 1.29 is 9.47 Å². The maximum atomic E-state index is 5.30. The molecule has 1 unspecified atom stereocenters. The molecule has 7 heteroatoms. The number of H-pyrrole nitrogens is 1. The predicted molar refractivity (Wildman–Crippen MR) is 73.7 cm³/mol. The van der Waals surface area contributed by atoms with Gasteiger partial charge in [0.25, 0.3) is 0 Å². The average Bonchev–Trinajstić information content (AvgIpc) is 2.98. The molecule has 0 saturated carbocycles. The van der Waals surface area contributed by atoms with E-state index in [0.717, 1.165) is 17.9 Å². The summed E-state index contributed by atoms with van der Waals surface area (Å²) in [5.41, 5.74) is 1.18. The second kappa shape index (κ2) is 6.85. The standard InChI is InChI=1S/C13H19N5O2/c1-9(14-8-13-15-17-18-16-13)6-10-4-5-11(19-2)12(7-10)20-3/h4-5,7,9,14H,6,8H2,1-3H3,(H,15,16,17,18). The fraction of sp³-hybridized carbons (Fsp3) is 0.462. The van der Waals surface area contributed by atoms with Crippen LogP contribution in [-0.4, -0.2) is 40.9 Å². The number of hydrogen-bond acceptors (Lipinski definition) is 6. The van der Waals surface area contributed by atoms with Gasteiger partial charge in [-0.3, -0.25) is 0 Å². The summed E-state index contributed by atoms with van der Waals surface area (Å²) in [6, 6.07) is 6.23. The van der Waals surface area contributed by atoms with E-state index in [9.17, 15) is 0 Å². The van der Waals surface area contributed by atoms with Gasteiger partial charge in [0, 0.05) is 6.04 Å². The Labute approximate surface area is 117 Å². The van der Waals surface area contributed by atoms with E-state index < -0.39 is 0 Å². The summed E-state index contributed by atoms with van der Waals surface area (Å²) in [5.74, 6) is 2.14. The van der Waals surface area contributed by atoms with Gasteiger partial charge in [-0.2, -0.15) is 5.21 Å². The lowest BCUT2D eigenvalue weighted by molar-refractivity contribution is 0.354. The van der Waals surface area contributed by atoms with Crippen LogP contribution in [0.25, 0.3) is 0 Å². The Bertz CT molecular complexity index is 530. The van der Waals surface area contributed by atoms with E-state index in [-0.39, 0.29) is 6.04 Å². The molecule has 1 atom stereocenters. The molecule has 0 aliphatic carbocycles. The van der Waals surface area contributed by atoms with Gasteiger partial charge in [-0.1, -0.05) is 11.3 Å². The van der Waals surface area contributed by atoms with Gasteiger partial charge in [0.15, 0.2) is 17.3 Å². The van der Waals surface area contributed by atoms with Crippen LogP contribution in [-0.2, 0) is 13.0 Å². The molecule has 20 heavy (non-hydrogen) atoms. The van der Waals surface area contributed by atoms with Crippen LogP contribution < -0.4 is 14.8 Å². The zero-order valence-electron chi connectivity index (χ0n) is 11.9. The zero-order valence-corrected chi connectivity index (χ0v) is 11.9. The quantitative estimate of drug-likeness (QED) is 0.783. The number of tetrazole rings is 1. The van der Waals surface area contributed by atoms with Crippen LogP contribution in [0.1, 0.15) is 18.3 Å². The van der Waals surface area contributed by atoms with Crippen molar-refractivity contribution in [2.75, 3.05) is 14.2 Å². The minimum atomic E-state index is 0.284. The Morgan fingerprint density at radius 3 is 2.70 bits per heavy atom. The van der Waals surface area contributed by atoms with Crippen molar-refractivity contribution in [2.24, 2.45) is 0 Å². The largest absolute Gasteiger partial charge is 0.493 e. The SMILES string of the molecule is COc1ccc(CC(C)NCc2nn[nH]n2)cc1OC. The minimum Gasteiger partial charge on any atom is -0.493 e. The van der Waals surface area contributed by atoms with E-state index in [4.69, 9.17) is 9.47 Å². The zero-order chi connectivity index (χ0) is 14.4. The third-order valence-electron chi connectivity index (χ3n) is 2.99. The smallest absolute Gasteiger partial charge is 0.188 e. The number of hydrogen-bond donors (Lipinski definition) is 2. The molecular formula is C13H19N5O2. The second-order valence-corrected chi connectivity index (χ2v) is 4.50. The molecule has 1 aromatic heterocycles. The average molecular weight is 277 g/mol. The van der Waals surface area contributed by atoms with Crippen LogP contribution in [0.5, 0.6) is 11.5 Å². The van der Waals surface area contributed by atoms with E-state index >= 15 is 0 Å². The van der Waals surface area contributed by atoms with Crippen LogP contribution in [0.2, 0.25) is 0 Å². The van der Waals surface area contributed by atoms with E-state index in [2.05, 4.69) is 32.9 Å². The Hall–Kier alpha value is -2.15. The Balaban J connectivity index is 1.91. The van der Waals surface area contributed by atoms with E-state index in [1.54, 1.807) is 14.2 Å². The molecular weight excluding hydrogens is 258 g/mol. The van der Waals surface area contributed by atoms with Crippen LogP contribution in [0, 0.1) is 0 Å². The van der Waals surface area contributed by atoms with Gasteiger partial charge in [-0.25, -0.2) is 0 Å². The highest BCUT2D eigenvalue weighted by atomic mass is 16.5. The molecule has 0 aliphatic rings. The summed E-state index contributed by atoms with van der Waals surface area (Å²) in [6.45, 7) is 2.70.